The number of aromatic nitrogens is 3. The molecule has 4 rings (SSSR count). The summed E-state index contributed by atoms with van der Waals surface area (Å²) in [6, 6.07) is 12.8. The van der Waals surface area contributed by atoms with Crippen LogP contribution in [0.2, 0.25) is 0 Å². The molecule has 186 valence electrons. The van der Waals surface area contributed by atoms with Crippen LogP contribution in [0.1, 0.15) is 5.82 Å². The van der Waals surface area contributed by atoms with E-state index < -0.39 is 5.51 Å². The predicted molar refractivity (Wildman–Crippen MR) is 128 cm³/mol. The van der Waals surface area contributed by atoms with Gasteiger partial charge in [-0.3, -0.25) is 4.90 Å². The number of benzene rings is 2. The molecular formula is C23H25F3N6O2S. The minimum atomic E-state index is -4.32. The van der Waals surface area contributed by atoms with Gasteiger partial charge in [0.05, 0.1) is 6.61 Å². The first-order valence-electron chi connectivity index (χ1n) is 11.0. The Morgan fingerprint density at radius 2 is 1.57 bits per heavy atom. The van der Waals surface area contributed by atoms with Gasteiger partial charge < -0.3 is 20.1 Å². The van der Waals surface area contributed by atoms with Gasteiger partial charge in [0.1, 0.15) is 17.3 Å². The molecule has 1 aliphatic heterocycles. The molecule has 0 atom stereocenters. The van der Waals surface area contributed by atoms with E-state index in [-0.39, 0.29) is 23.3 Å². The van der Waals surface area contributed by atoms with Crippen molar-refractivity contribution in [2.75, 3.05) is 49.5 Å². The van der Waals surface area contributed by atoms with Crippen molar-refractivity contribution >= 4 is 29.3 Å². The molecule has 1 aliphatic rings. The number of nitrogens with zero attached hydrogens (tertiary/aromatic N) is 5. The number of ether oxygens (including phenoxy) is 1. The number of aliphatic hydroxyl groups is 1. The second-order valence-corrected chi connectivity index (χ2v) is 8.97. The van der Waals surface area contributed by atoms with Gasteiger partial charge >= 0.3 is 5.51 Å². The lowest BCUT2D eigenvalue weighted by Crippen LogP contribution is -2.47. The normalized spacial score (nSPS) is 14.7. The first-order valence-corrected chi connectivity index (χ1v) is 11.8. The van der Waals surface area contributed by atoms with Gasteiger partial charge in [-0.2, -0.15) is 28.1 Å². The lowest BCUT2D eigenvalue weighted by molar-refractivity contribution is -0.0328. The number of β-amino-alcohol motifs (C(OH)–C–C–N with tert-alkyl or cyclic N) is 1. The first kappa shape index (κ1) is 25.0. The maximum absolute atomic E-state index is 12.5. The van der Waals surface area contributed by atoms with Crippen molar-refractivity contribution in [2.45, 2.75) is 17.3 Å². The number of rotatable bonds is 8. The molecule has 1 fully saturated rings. The van der Waals surface area contributed by atoms with E-state index in [0.29, 0.717) is 35.8 Å². The molecule has 0 radical (unpaired) electrons. The molecule has 12 heteroatoms. The highest BCUT2D eigenvalue weighted by Gasteiger charge is 2.29. The minimum Gasteiger partial charge on any atom is -0.457 e. The summed E-state index contributed by atoms with van der Waals surface area (Å²) in [5.74, 6) is 2.61. The van der Waals surface area contributed by atoms with Crippen LogP contribution in [0, 0.1) is 6.92 Å². The molecular weight excluding hydrogens is 481 g/mol. The van der Waals surface area contributed by atoms with E-state index in [0.717, 1.165) is 31.9 Å². The predicted octanol–water partition coefficient (Wildman–Crippen LogP) is 4.44. The van der Waals surface area contributed by atoms with Crippen molar-refractivity contribution in [1.82, 2.24) is 19.9 Å². The highest BCUT2D eigenvalue weighted by Crippen LogP contribution is 2.37. The lowest BCUT2D eigenvalue weighted by Gasteiger charge is -2.34. The van der Waals surface area contributed by atoms with E-state index in [4.69, 9.17) is 9.84 Å². The summed E-state index contributed by atoms with van der Waals surface area (Å²) < 4.78 is 43.1. The Hall–Kier alpha value is -3.09. The number of alkyl halides is 3. The fourth-order valence-corrected chi connectivity index (χ4v) is 4.10. The molecule has 0 aliphatic carbocycles. The smallest absolute Gasteiger partial charge is 0.446 e. The molecule has 8 nitrogen and oxygen atoms in total. The number of hydrogen-bond acceptors (Lipinski definition) is 9. The Labute approximate surface area is 205 Å². The molecule has 0 amide bonds. The van der Waals surface area contributed by atoms with Crippen LogP contribution < -0.4 is 15.0 Å². The highest BCUT2D eigenvalue weighted by atomic mass is 32.2. The van der Waals surface area contributed by atoms with Gasteiger partial charge in [0.2, 0.25) is 11.9 Å². The Morgan fingerprint density at radius 1 is 0.943 bits per heavy atom. The molecule has 0 spiro atoms. The maximum atomic E-state index is 12.5. The van der Waals surface area contributed by atoms with Crippen molar-refractivity contribution < 1.29 is 23.0 Å². The number of aliphatic hydroxyl groups excluding tert-OH is 1. The summed E-state index contributed by atoms with van der Waals surface area (Å²) in [6.07, 6.45) is 0. The molecule has 0 unspecified atom stereocenters. The summed E-state index contributed by atoms with van der Waals surface area (Å²) in [5, 5.41) is 12.3. The average molecular weight is 507 g/mol. The molecule has 3 aromatic rings. The molecule has 1 saturated heterocycles. The number of nitrogens with one attached hydrogen (secondary N) is 1. The van der Waals surface area contributed by atoms with Crippen LogP contribution in [0.15, 0.2) is 53.4 Å². The van der Waals surface area contributed by atoms with E-state index in [1.807, 2.05) is 6.92 Å². The Balaban J connectivity index is 1.36. The summed E-state index contributed by atoms with van der Waals surface area (Å²) in [5.41, 5.74) is -3.57. The number of aryl methyl sites for hydroxylation is 1. The zero-order valence-electron chi connectivity index (χ0n) is 19.0. The number of halogens is 3. The van der Waals surface area contributed by atoms with Crippen molar-refractivity contribution in [3.8, 4) is 11.5 Å². The zero-order chi connectivity index (χ0) is 24.8. The van der Waals surface area contributed by atoms with Gasteiger partial charge in [0.15, 0.2) is 0 Å². The molecule has 1 aromatic heterocycles. The molecule has 0 bridgehead atoms. The topological polar surface area (TPSA) is 86.6 Å². The summed E-state index contributed by atoms with van der Waals surface area (Å²) >= 11 is -0.163. The van der Waals surface area contributed by atoms with Crippen molar-refractivity contribution in [1.29, 1.82) is 0 Å². The van der Waals surface area contributed by atoms with Gasteiger partial charge in [0, 0.05) is 43.3 Å². The number of anilines is 3. The first-order chi connectivity index (χ1) is 16.8. The highest BCUT2D eigenvalue weighted by molar-refractivity contribution is 8.00. The monoisotopic (exact) mass is 506 g/mol. The summed E-state index contributed by atoms with van der Waals surface area (Å²) in [7, 11) is 0. The van der Waals surface area contributed by atoms with Gasteiger partial charge in [-0.05, 0) is 67.2 Å². The Bertz CT molecular complexity index is 1110. The van der Waals surface area contributed by atoms with Crippen LogP contribution in [0.25, 0.3) is 0 Å². The van der Waals surface area contributed by atoms with E-state index in [2.05, 4.69) is 30.1 Å². The van der Waals surface area contributed by atoms with E-state index in [1.165, 1.54) is 24.3 Å². The molecule has 2 N–H and O–H groups in total. The van der Waals surface area contributed by atoms with Crippen LogP contribution >= 0.6 is 11.8 Å². The fraction of sp³-hybridized carbons (Fsp3) is 0.348. The van der Waals surface area contributed by atoms with Gasteiger partial charge in [-0.15, -0.1) is 0 Å². The number of piperazine rings is 1. The van der Waals surface area contributed by atoms with E-state index in [1.54, 1.807) is 24.3 Å². The molecule has 2 heterocycles. The van der Waals surface area contributed by atoms with Crippen molar-refractivity contribution in [2.24, 2.45) is 0 Å². The zero-order valence-corrected chi connectivity index (χ0v) is 19.8. The quantitative estimate of drug-likeness (QED) is 0.431. The van der Waals surface area contributed by atoms with Crippen LogP contribution in [0.4, 0.5) is 30.8 Å². The molecule has 2 aromatic carbocycles. The average Bonchev–Trinajstić information content (AvgIpc) is 2.81. The van der Waals surface area contributed by atoms with Crippen LogP contribution in [-0.4, -0.2) is 69.8 Å². The van der Waals surface area contributed by atoms with Crippen molar-refractivity contribution in [3.63, 3.8) is 0 Å². The number of thioether (sulfide) groups is 1. The van der Waals surface area contributed by atoms with E-state index in [9.17, 15) is 13.2 Å². The molecule has 35 heavy (non-hydrogen) atoms. The summed E-state index contributed by atoms with van der Waals surface area (Å²) in [6.45, 7) is 5.83. The fourth-order valence-electron chi connectivity index (χ4n) is 3.56. The van der Waals surface area contributed by atoms with E-state index >= 15 is 0 Å². The van der Waals surface area contributed by atoms with Crippen LogP contribution in [0.5, 0.6) is 11.5 Å². The second-order valence-electron chi connectivity index (χ2n) is 7.83. The third-order valence-corrected chi connectivity index (χ3v) is 5.95. The minimum absolute atomic E-state index is 0.100. The number of hydrogen-bond donors (Lipinski definition) is 2. The van der Waals surface area contributed by atoms with Gasteiger partial charge in [-0.25, -0.2) is 0 Å². The second kappa shape index (κ2) is 11.1. The van der Waals surface area contributed by atoms with Crippen LogP contribution in [-0.2, 0) is 0 Å². The molecule has 0 saturated carbocycles. The largest absolute Gasteiger partial charge is 0.457 e. The standard InChI is InChI=1S/C23H25F3N6O2S/c1-16-27-21(30-22(28-16)32-12-10-31(11-13-32)14-15-33)29-17-2-4-18(5-3-17)34-19-6-8-20(9-7-19)35-23(24,25)26/h2-9,33H,10-15H2,1H3,(H,27,28,29,30). The third-order valence-electron chi connectivity index (χ3n) is 5.21. The van der Waals surface area contributed by atoms with Gasteiger partial charge in [0.25, 0.3) is 0 Å². The lowest BCUT2D eigenvalue weighted by atomic mass is 10.3. The summed E-state index contributed by atoms with van der Waals surface area (Å²) in [4.78, 5) is 17.8. The SMILES string of the molecule is Cc1nc(Nc2ccc(Oc3ccc(SC(F)(F)F)cc3)cc2)nc(N2CCN(CCO)CC2)n1. The van der Waals surface area contributed by atoms with Gasteiger partial charge in [-0.1, -0.05) is 0 Å². The maximum Gasteiger partial charge on any atom is 0.446 e. The Morgan fingerprint density at radius 3 is 2.17 bits per heavy atom. The van der Waals surface area contributed by atoms with Crippen molar-refractivity contribution in [3.05, 3.63) is 54.4 Å². The van der Waals surface area contributed by atoms with Crippen LogP contribution in [0.3, 0.4) is 0 Å². The third kappa shape index (κ3) is 7.44. The Kier molecular flexibility index (Phi) is 7.93.